The summed E-state index contributed by atoms with van der Waals surface area (Å²) in [6.45, 7) is 3.72. The lowest BCUT2D eigenvalue weighted by atomic mass is 10.0. The molecular formula is C14H26N4O6. The van der Waals surface area contributed by atoms with Crippen LogP contribution in [0.3, 0.4) is 0 Å². The molecule has 4 atom stereocenters. The molecule has 7 N–H and O–H groups in total. The van der Waals surface area contributed by atoms with Crippen molar-refractivity contribution < 1.29 is 29.4 Å². The van der Waals surface area contributed by atoms with E-state index in [4.69, 9.17) is 10.8 Å². The first kappa shape index (κ1) is 22.0. The Kier molecular flexibility index (Phi) is 9.77. The quantitative estimate of drug-likeness (QED) is 0.224. The maximum atomic E-state index is 12.0. The SMILES string of the molecule is CC(C)[C@H](N)C(=O)N[C@H](C(=O)NCC(=O)N[C@H](C=O)CO)[C@H](C)O. The molecule has 3 amide bonds. The average molecular weight is 346 g/mol. The molecule has 0 unspecified atom stereocenters. The summed E-state index contributed by atoms with van der Waals surface area (Å²) >= 11 is 0. The van der Waals surface area contributed by atoms with Gasteiger partial charge in [0, 0.05) is 0 Å². The number of nitrogens with two attached hydrogens (primary N) is 1. The summed E-state index contributed by atoms with van der Waals surface area (Å²) in [6.07, 6.45) is -0.859. The van der Waals surface area contributed by atoms with Gasteiger partial charge in [-0.2, -0.15) is 0 Å². The van der Waals surface area contributed by atoms with E-state index < -0.39 is 55.1 Å². The zero-order valence-electron chi connectivity index (χ0n) is 14.0. The highest BCUT2D eigenvalue weighted by molar-refractivity contribution is 5.92. The Labute approximate surface area is 140 Å². The molecule has 10 heteroatoms. The van der Waals surface area contributed by atoms with Crippen LogP contribution in [0.4, 0.5) is 0 Å². The summed E-state index contributed by atoms with van der Waals surface area (Å²) in [4.78, 5) is 45.9. The van der Waals surface area contributed by atoms with Gasteiger partial charge in [0.1, 0.15) is 18.4 Å². The normalized spacial score (nSPS) is 15.8. The molecule has 0 aromatic rings. The second-order valence-electron chi connectivity index (χ2n) is 5.71. The summed E-state index contributed by atoms with van der Waals surface area (Å²) < 4.78 is 0. The number of amides is 3. The van der Waals surface area contributed by atoms with Gasteiger partial charge in [-0.05, 0) is 12.8 Å². The van der Waals surface area contributed by atoms with Gasteiger partial charge in [0.2, 0.25) is 17.7 Å². The third-order valence-corrected chi connectivity index (χ3v) is 3.21. The number of nitrogens with one attached hydrogen (secondary N) is 3. The van der Waals surface area contributed by atoms with Gasteiger partial charge in [-0.1, -0.05) is 13.8 Å². The van der Waals surface area contributed by atoms with Crippen LogP contribution in [-0.4, -0.2) is 71.6 Å². The summed E-state index contributed by atoms with van der Waals surface area (Å²) in [5.41, 5.74) is 5.67. The fourth-order valence-electron chi connectivity index (χ4n) is 1.62. The van der Waals surface area contributed by atoms with E-state index >= 15 is 0 Å². The minimum Gasteiger partial charge on any atom is -0.394 e. The van der Waals surface area contributed by atoms with Gasteiger partial charge >= 0.3 is 0 Å². The molecule has 0 bridgehead atoms. The van der Waals surface area contributed by atoms with Crippen LogP contribution in [-0.2, 0) is 19.2 Å². The third-order valence-electron chi connectivity index (χ3n) is 3.21. The summed E-state index contributed by atoms with van der Waals surface area (Å²) in [6, 6.07) is -3.19. The maximum Gasteiger partial charge on any atom is 0.245 e. The number of aliphatic hydroxyl groups excluding tert-OH is 2. The first-order valence-electron chi connectivity index (χ1n) is 7.51. The van der Waals surface area contributed by atoms with E-state index in [2.05, 4.69) is 16.0 Å². The third kappa shape index (κ3) is 7.49. The number of rotatable bonds is 10. The van der Waals surface area contributed by atoms with Crippen molar-refractivity contribution in [3.63, 3.8) is 0 Å². The Hall–Kier alpha value is -2.04. The molecule has 0 rings (SSSR count). The Morgan fingerprint density at radius 2 is 1.71 bits per heavy atom. The summed E-state index contributed by atoms with van der Waals surface area (Å²) in [7, 11) is 0. The maximum absolute atomic E-state index is 12.0. The molecule has 0 saturated heterocycles. The van der Waals surface area contributed by atoms with Gasteiger partial charge in [-0.25, -0.2) is 0 Å². The molecule has 10 nitrogen and oxygen atoms in total. The van der Waals surface area contributed by atoms with E-state index in [-0.39, 0.29) is 5.92 Å². The van der Waals surface area contributed by atoms with Crippen molar-refractivity contribution in [2.75, 3.05) is 13.2 Å². The van der Waals surface area contributed by atoms with Gasteiger partial charge in [0.05, 0.1) is 25.3 Å². The monoisotopic (exact) mass is 346 g/mol. The molecule has 0 aliphatic rings. The van der Waals surface area contributed by atoms with Gasteiger partial charge in [-0.15, -0.1) is 0 Å². The first-order chi connectivity index (χ1) is 11.1. The molecule has 24 heavy (non-hydrogen) atoms. The number of aldehydes is 1. The smallest absolute Gasteiger partial charge is 0.245 e. The predicted octanol–water partition coefficient (Wildman–Crippen LogP) is -3.37. The van der Waals surface area contributed by atoms with Gasteiger partial charge in [0.25, 0.3) is 0 Å². The molecule has 0 heterocycles. The highest BCUT2D eigenvalue weighted by Gasteiger charge is 2.28. The van der Waals surface area contributed by atoms with Crippen LogP contribution in [0.2, 0.25) is 0 Å². The lowest BCUT2D eigenvalue weighted by molar-refractivity contribution is -0.133. The van der Waals surface area contributed by atoms with Crippen molar-refractivity contribution in [2.24, 2.45) is 11.7 Å². The zero-order valence-corrected chi connectivity index (χ0v) is 14.0. The van der Waals surface area contributed by atoms with Gasteiger partial charge in [-0.3, -0.25) is 14.4 Å². The largest absolute Gasteiger partial charge is 0.394 e. The predicted molar refractivity (Wildman–Crippen MR) is 84.5 cm³/mol. The number of hydrogen-bond donors (Lipinski definition) is 6. The lowest BCUT2D eigenvalue weighted by Gasteiger charge is -2.24. The van der Waals surface area contributed by atoms with Crippen molar-refractivity contribution in [1.29, 1.82) is 0 Å². The highest BCUT2D eigenvalue weighted by atomic mass is 16.3. The van der Waals surface area contributed by atoms with Crippen LogP contribution in [0.5, 0.6) is 0 Å². The molecule has 0 fully saturated rings. The average Bonchev–Trinajstić information content (AvgIpc) is 2.53. The van der Waals surface area contributed by atoms with Crippen molar-refractivity contribution in [3.8, 4) is 0 Å². The second kappa shape index (κ2) is 10.7. The zero-order chi connectivity index (χ0) is 18.9. The fourth-order valence-corrected chi connectivity index (χ4v) is 1.62. The standard InChI is InChI=1S/C14H26N4O6/c1-7(2)11(15)13(23)18-12(8(3)21)14(24)16-4-10(22)17-9(5-19)6-20/h5,7-9,11-12,20-21H,4,6,15H2,1-3H3,(H,16,24)(H,17,22)(H,18,23)/t8-,9+,11-,12-/m0/s1. The Morgan fingerprint density at radius 1 is 1.12 bits per heavy atom. The molecular weight excluding hydrogens is 320 g/mol. The van der Waals surface area contributed by atoms with E-state index in [1.54, 1.807) is 13.8 Å². The molecule has 0 spiro atoms. The molecule has 0 aromatic carbocycles. The van der Waals surface area contributed by atoms with Crippen LogP contribution in [0, 0.1) is 5.92 Å². The number of hydrogen-bond acceptors (Lipinski definition) is 7. The van der Waals surface area contributed by atoms with Crippen LogP contribution < -0.4 is 21.7 Å². The van der Waals surface area contributed by atoms with E-state index in [1.165, 1.54) is 6.92 Å². The van der Waals surface area contributed by atoms with E-state index in [0.29, 0.717) is 6.29 Å². The fraction of sp³-hybridized carbons (Fsp3) is 0.714. The van der Waals surface area contributed by atoms with Crippen LogP contribution in [0.25, 0.3) is 0 Å². The Morgan fingerprint density at radius 3 is 2.12 bits per heavy atom. The van der Waals surface area contributed by atoms with E-state index in [0.717, 1.165) is 0 Å². The van der Waals surface area contributed by atoms with Crippen molar-refractivity contribution in [2.45, 2.75) is 45.0 Å². The number of aliphatic hydroxyl groups is 2. The van der Waals surface area contributed by atoms with E-state index in [1.807, 2.05) is 0 Å². The Balaban J connectivity index is 4.63. The van der Waals surface area contributed by atoms with Crippen molar-refractivity contribution in [3.05, 3.63) is 0 Å². The van der Waals surface area contributed by atoms with Gasteiger partial charge < -0.3 is 36.7 Å². The molecule has 0 aromatic heterocycles. The van der Waals surface area contributed by atoms with Crippen LogP contribution >= 0.6 is 0 Å². The van der Waals surface area contributed by atoms with Crippen LogP contribution in [0.1, 0.15) is 20.8 Å². The minimum atomic E-state index is -1.28. The van der Waals surface area contributed by atoms with E-state index in [9.17, 15) is 24.3 Å². The second-order valence-corrected chi connectivity index (χ2v) is 5.71. The molecule has 138 valence electrons. The summed E-state index contributed by atoms with van der Waals surface area (Å²) in [5.74, 6) is -2.25. The molecule has 0 aliphatic heterocycles. The number of carbonyl (C=O) groups is 4. The van der Waals surface area contributed by atoms with Crippen LogP contribution in [0.15, 0.2) is 0 Å². The van der Waals surface area contributed by atoms with Crippen molar-refractivity contribution >= 4 is 24.0 Å². The molecule has 0 aliphatic carbocycles. The topological polar surface area (TPSA) is 171 Å². The molecule has 0 radical (unpaired) electrons. The minimum absolute atomic E-state index is 0.160. The van der Waals surface area contributed by atoms with Gasteiger partial charge in [0.15, 0.2) is 0 Å². The summed E-state index contributed by atoms with van der Waals surface area (Å²) in [5, 5.41) is 25.2. The lowest BCUT2D eigenvalue weighted by Crippen LogP contribution is -2.57. The molecule has 0 saturated carbocycles. The first-order valence-corrected chi connectivity index (χ1v) is 7.51. The van der Waals surface area contributed by atoms with Crippen molar-refractivity contribution in [1.82, 2.24) is 16.0 Å². The highest BCUT2D eigenvalue weighted by Crippen LogP contribution is 2.00. The number of carbonyl (C=O) groups excluding carboxylic acids is 4. The Bertz CT molecular complexity index is 455.